The maximum absolute atomic E-state index is 12.3. The first-order valence-corrected chi connectivity index (χ1v) is 17.5. The first-order chi connectivity index (χ1) is 21.9. The lowest BCUT2D eigenvalue weighted by molar-refractivity contribution is -0.122. The van der Waals surface area contributed by atoms with Gasteiger partial charge >= 0.3 is 0 Å². The van der Waals surface area contributed by atoms with E-state index in [-0.39, 0.29) is 18.9 Å². The molecule has 0 spiro atoms. The normalized spacial score (nSPS) is 15.6. The minimum absolute atomic E-state index is 0.198. The molecule has 0 rings (SSSR count). The van der Waals surface area contributed by atoms with Crippen molar-refractivity contribution in [3.05, 3.63) is 85.1 Å². The Kier molecular flexibility index (Phi) is 31.0. The smallest absolute Gasteiger partial charge is 0.220 e. The summed E-state index contributed by atoms with van der Waals surface area (Å²) in [6.07, 6.45) is 41.6. The fourth-order valence-corrected chi connectivity index (χ4v) is 4.55. The summed E-state index contributed by atoms with van der Waals surface area (Å²) in [5.74, 6) is -0.198. The molecule has 0 aliphatic heterocycles. The van der Waals surface area contributed by atoms with E-state index < -0.39 is 24.4 Å². The first-order valence-electron chi connectivity index (χ1n) is 17.5. The van der Waals surface area contributed by atoms with Crippen molar-refractivity contribution in [3.63, 3.8) is 0 Å². The van der Waals surface area contributed by atoms with Gasteiger partial charge in [0.2, 0.25) is 5.91 Å². The van der Waals surface area contributed by atoms with Crippen molar-refractivity contribution in [1.29, 1.82) is 0 Å². The molecule has 6 nitrogen and oxygen atoms in total. The molecule has 6 heteroatoms. The summed E-state index contributed by atoms with van der Waals surface area (Å²) in [6.45, 7) is 3.99. The van der Waals surface area contributed by atoms with Crippen molar-refractivity contribution in [2.45, 2.75) is 147 Å². The Morgan fingerprint density at radius 1 is 0.622 bits per heavy atom. The molecule has 0 aliphatic rings. The Labute approximate surface area is 275 Å². The van der Waals surface area contributed by atoms with Gasteiger partial charge in [-0.15, -0.1) is 0 Å². The summed E-state index contributed by atoms with van der Waals surface area (Å²) >= 11 is 0. The van der Waals surface area contributed by atoms with Gasteiger partial charge in [0, 0.05) is 6.42 Å². The Morgan fingerprint density at radius 3 is 1.76 bits per heavy atom. The number of aliphatic hydroxyl groups is 4. The summed E-state index contributed by atoms with van der Waals surface area (Å²) in [6, 6.07) is -0.702. The second-order valence-electron chi connectivity index (χ2n) is 11.6. The van der Waals surface area contributed by atoms with E-state index in [0.717, 1.165) is 19.3 Å². The van der Waals surface area contributed by atoms with Gasteiger partial charge < -0.3 is 25.7 Å². The van der Waals surface area contributed by atoms with Crippen molar-refractivity contribution < 1.29 is 25.2 Å². The third-order valence-electron chi connectivity index (χ3n) is 7.31. The van der Waals surface area contributed by atoms with Crippen LogP contribution in [0.3, 0.4) is 0 Å². The first kappa shape index (κ1) is 42.5. The van der Waals surface area contributed by atoms with Crippen LogP contribution in [0.1, 0.15) is 123 Å². The van der Waals surface area contributed by atoms with Crippen molar-refractivity contribution in [3.8, 4) is 0 Å². The number of carbonyl (C=O) groups excluding carboxylic acids is 1. The van der Waals surface area contributed by atoms with E-state index in [1.54, 1.807) is 30.4 Å². The molecule has 0 aliphatic carbocycles. The maximum Gasteiger partial charge on any atom is 0.220 e. The molecule has 4 atom stereocenters. The molecule has 0 aromatic rings. The van der Waals surface area contributed by atoms with E-state index in [0.29, 0.717) is 25.7 Å². The zero-order chi connectivity index (χ0) is 33.2. The Hall–Kier alpha value is -2.51. The topological polar surface area (TPSA) is 110 Å². The molecule has 0 heterocycles. The van der Waals surface area contributed by atoms with E-state index in [1.807, 2.05) is 54.7 Å². The van der Waals surface area contributed by atoms with Crippen LogP contribution in [0.5, 0.6) is 0 Å². The van der Waals surface area contributed by atoms with Crippen LogP contribution in [0.25, 0.3) is 0 Å². The molecule has 0 radical (unpaired) electrons. The van der Waals surface area contributed by atoms with E-state index in [2.05, 4.69) is 19.2 Å². The van der Waals surface area contributed by atoms with Crippen LogP contribution in [0.2, 0.25) is 0 Å². The minimum atomic E-state index is -0.905. The molecule has 0 aromatic carbocycles. The number of unbranched alkanes of at least 4 members (excludes halogenated alkanes) is 10. The minimum Gasteiger partial charge on any atom is -0.394 e. The predicted molar refractivity (Wildman–Crippen MR) is 191 cm³/mol. The lowest BCUT2D eigenvalue weighted by Gasteiger charge is -2.19. The van der Waals surface area contributed by atoms with E-state index >= 15 is 0 Å². The van der Waals surface area contributed by atoms with Crippen molar-refractivity contribution in [2.75, 3.05) is 6.61 Å². The van der Waals surface area contributed by atoms with Crippen LogP contribution in [-0.4, -0.2) is 57.3 Å². The highest BCUT2D eigenvalue weighted by molar-refractivity contribution is 5.76. The standard InChI is InChI=1S/C39H65NO5/c1-3-5-7-8-9-10-11-12-13-14-18-26-32-38(44)37(34-41)40-39(45)33-27-19-16-15-17-23-29-36(43)31-25-21-20-24-30-35(42)28-22-6-4-2/h6,16-17,19-26,30-32,35-38,41-44H,3-5,7-15,18,27-29,33-34H2,1-2H3,(H,40,45)/b19-16-,21-20-,22-6-,23-17-,30-24+,31-25+,32-26+/t35-,36+,37-,38+/m0/s1. The van der Waals surface area contributed by atoms with Crippen LogP contribution in [0, 0.1) is 0 Å². The number of aliphatic hydroxyl groups excluding tert-OH is 4. The fraction of sp³-hybridized carbons (Fsp3) is 0.615. The van der Waals surface area contributed by atoms with Gasteiger partial charge in [-0.2, -0.15) is 0 Å². The molecule has 45 heavy (non-hydrogen) atoms. The van der Waals surface area contributed by atoms with Gasteiger partial charge in [-0.05, 0) is 44.9 Å². The van der Waals surface area contributed by atoms with Crippen molar-refractivity contribution >= 4 is 5.91 Å². The maximum atomic E-state index is 12.3. The SMILES string of the molecule is CC/C=C\C[C@H](O)/C=C/C=C\C=C\[C@H](O)C/C=C\C/C=C\CCC(=O)N[C@@H](CO)[C@H](O)/C=C/CCCCCCCCCCCC. The van der Waals surface area contributed by atoms with Gasteiger partial charge in [0.05, 0.1) is 31.0 Å². The molecule has 0 bridgehead atoms. The zero-order valence-corrected chi connectivity index (χ0v) is 28.3. The molecule has 0 aromatic heterocycles. The summed E-state index contributed by atoms with van der Waals surface area (Å²) in [5.41, 5.74) is 0. The average molecular weight is 628 g/mol. The summed E-state index contributed by atoms with van der Waals surface area (Å²) in [4.78, 5) is 12.3. The van der Waals surface area contributed by atoms with E-state index in [1.165, 1.54) is 57.8 Å². The van der Waals surface area contributed by atoms with E-state index in [4.69, 9.17) is 0 Å². The predicted octanol–water partition coefficient (Wildman–Crippen LogP) is 8.11. The number of hydrogen-bond donors (Lipinski definition) is 5. The van der Waals surface area contributed by atoms with E-state index in [9.17, 15) is 25.2 Å². The quantitative estimate of drug-likeness (QED) is 0.0327. The molecular weight excluding hydrogens is 562 g/mol. The van der Waals surface area contributed by atoms with Crippen molar-refractivity contribution in [1.82, 2.24) is 5.32 Å². The number of carbonyl (C=O) groups is 1. The van der Waals surface area contributed by atoms with Crippen LogP contribution in [0.15, 0.2) is 85.1 Å². The molecule has 0 unspecified atom stereocenters. The molecule has 0 saturated heterocycles. The number of allylic oxidation sites excluding steroid dienone is 9. The Morgan fingerprint density at radius 2 is 1.18 bits per heavy atom. The molecule has 1 amide bonds. The highest BCUT2D eigenvalue weighted by atomic mass is 16.3. The highest BCUT2D eigenvalue weighted by Gasteiger charge is 2.17. The molecule has 0 saturated carbocycles. The van der Waals surface area contributed by atoms with Crippen LogP contribution in [0.4, 0.5) is 0 Å². The number of hydrogen-bond acceptors (Lipinski definition) is 5. The summed E-state index contributed by atoms with van der Waals surface area (Å²) < 4.78 is 0. The summed E-state index contributed by atoms with van der Waals surface area (Å²) in [5, 5.41) is 42.5. The second-order valence-corrected chi connectivity index (χ2v) is 11.6. The van der Waals surface area contributed by atoms with Gasteiger partial charge in [0.25, 0.3) is 0 Å². The third kappa shape index (κ3) is 29.9. The second kappa shape index (κ2) is 32.9. The average Bonchev–Trinajstić information content (AvgIpc) is 3.03. The molecule has 5 N–H and O–H groups in total. The molecule has 256 valence electrons. The number of rotatable bonds is 29. The largest absolute Gasteiger partial charge is 0.394 e. The Balaban J connectivity index is 4.01. The van der Waals surface area contributed by atoms with Crippen LogP contribution in [-0.2, 0) is 4.79 Å². The van der Waals surface area contributed by atoms with Crippen LogP contribution >= 0.6 is 0 Å². The number of amides is 1. The third-order valence-corrected chi connectivity index (χ3v) is 7.31. The van der Waals surface area contributed by atoms with Gasteiger partial charge in [0.1, 0.15) is 0 Å². The monoisotopic (exact) mass is 627 g/mol. The fourth-order valence-electron chi connectivity index (χ4n) is 4.55. The van der Waals surface area contributed by atoms with Gasteiger partial charge in [-0.3, -0.25) is 4.79 Å². The van der Waals surface area contributed by atoms with Gasteiger partial charge in [-0.25, -0.2) is 0 Å². The van der Waals surface area contributed by atoms with Crippen LogP contribution < -0.4 is 5.32 Å². The lowest BCUT2D eigenvalue weighted by atomic mass is 10.1. The highest BCUT2D eigenvalue weighted by Crippen LogP contribution is 2.12. The lowest BCUT2D eigenvalue weighted by Crippen LogP contribution is -2.45. The van der Waals surface area contributed by atoms with Crippen molar-refractivity contribution in [2.24, 2.45) is 0 Å². The molecular formula is C39H65NO5. The van der Waals surface area contributed by atoms with Gasteiger partial charge in [-0.1, -0.05) is 157 Å². The Bertz CT molecular complexity index is 886. The van der Waals surface area contributed by atoms with Gasteiger partial charge in [0.15, 0.2) is 0 Å². The zero-order valence-electron chi connectivity index (χ0n) is 28.3. The summed E-state index contributed by atoms with van der Waals surface area (Å²) in [7, 11) is 0. The number of nitrogens with one attached hydrogen (secondary N) is 1. The molecule has 0 fully saturated rings.